The lowest BCUT2D eigenvalue weighted by Crippen LogP contribution is -2.29. The van der Waals surface area contributed by atoms with Gasteiger partial charge in [0.15, 0.2) is 0 Å². The highest BCUT2D eigenvalue weighted by Gasteiger charge is 2.36. The standard InChI is InChI=1S/C24H16N2O4/c27-21-17-5-1-2-6-18(17)22(28)25(21)13-15-9-11-16(12-10-15)14-26-23(29)19-7-3-4-8-20(19)24(26)30/h1-12H,13-14H2. The van der Waals surface area contributed by atoms with Crippen molar-refractivity contribution in [3.05, 3.63) is 106 Å². The van der Waals surface area contributed by atoms with E-state index < -0.39 is 0 Å². The van der Waals surface area contributed by atoms with Crippen LogP contribution in [-0.4, -0.2) is 33.4 Å². The number of fused-ring (bicyclic) bond motifs is 2. The molecule has 0 fully saturated rings. The number of benzene rings is 3. The quantitative estimate of drug-likeness (QED) is 0.635. The zero-order valence-corrected chi connectivity index (χ0v) is 15.9. The minimum Gasteiger partial charge on any atom is -0.270 e. The number of nitrogens with zero attached hydrogens (tertiary/aromatic N) is 2. The van der Waals surface area contributed by atoms with E-state index >= 15 is 0 Å². The van der Waals surface area contributed by atoms with E-state index in [9.17, 15) is 19.2 Å². The van der Waals surface area contributed by atoms with Gasteiger partial charge in [0, 0.05) is 0 Å². The third-order valence-corrected chi connectivity index (χ3v) is 5.46. The van der Waals surface area contributed by atoms with E-state index in [2.05, 4.69) is 0 Å². The predicted octanol–water partition coefficient (Wildman–Crippen LogP) is 3.28. The van der Waals surface area contributed by atoms with Crippen molar-refractivity contribution in [3.8, 4) is 0 Å². The zero-order chi connectivity index (χ0) is 20.8. The topological polar surface area (TPSA) is 74.8 Å². The summed E-state index contributed by atoms with van der Waals surface area (Å²) in [7, 11) is 0. The molecule has 0 saturated heterocycles. The SMILES string of the molecule is O=C1c2ccccc2C(=O)N1Cc1ccc(CN2C(=O)c3ccccc3C2=O)cc1. The molecular weight excluding hydrogens is 380 g/mol. The van der Waals surface area contributed by atoms with E-state index in [1.54, 1.807) is 72.8 Å². The number of carbonyl (C=O) groups is 4. The molecule has 6 nitrogen and oxygen atoms in total. The third-order valence-electron chi connectivity index (χ3n) is 5.46. The first-order valence-corrected chi connectivity index (χ1v) is 9.53. The van der Waals surface area contributed by atoms with Crippen LogP contribution in [0.5, 0.6) is 0 Å². The van der Waals surface area contributed by atoms with Gasteiger partial charge < -0.3 is 0 Å². The monoisotopic (exact) mass is 396 g/mol. The van der Waals surface area contributed by atoms with Gasteiger partial charge in [0.1, 0.15) is 0 Å². The van der Waals surface area contributed by atoms with Crippen molar-refractivity contribution in [3.63, 3.8) is 0 Å². The number of amides is 4. The van der Waals surface area contributed by atoms with Crippen LogP contribution in [0.2, 0.25) is 0 Å². The van der Waals surface area contributed by atoms with Gasteiger partial charge in [-0.2, -0.15) is 0 Å². The van der Waals surface area contributed by atoms with E-state index in [0.717, 1.165) is 11.1 Å². The smallest absolute Gasteiger partial charge is 0.261 e. The summed E-state index contributed by atoms with van der Waals surface area (Å²) in [6.07, 6.45) is 0. The van der Waals surface area contributed by atoms with Crippen LogP contribution in [0.4, 0.5) is 0 Å². The van der Waals surface area contributed by atoms with Gasteiger partial charge in [-0.3, -0.25) is 29.0 Å². The van der Waals surface area contributed by atoms with Crippen molar-refractivity contribution in [1.82, 2.24) is 9.80 Å². The first-order chi connectivity index (χ1) is 14.5. The molecule has 0 saturated carbocycles. The third kappa shape index (κ3) is 2.73. The predicted molar refractivity (Wildman–Crippen MR) is 108 cm³/mol. The Balaban J connectivity index is 1.31. The number of hydrogen-bond acceptors (Lipinski definition) is 4. The van der Waals surface area contributed by atoms with Crippen molar-refractivity contribution in [2.24, 2.45) is 0 Å². The van der Waals surface area contributed by atoms with E-state index in [4.69, 9.17) is 0 Å². The Kier molecular flexibility index (Phi) is 4.06. The normalized spacial score (nSPS) is 15.1. The number of hydrogen-bond donors (Lipinski definition) is 0. The van der Waals surface area contributed by atoms with E-state index in [1.165, 1.54) is 9.80 Å². The lowest BCUT2D eigenvalue weighted by molar-refractivity contribution is 0.0626. The molecule has 0 aliphatic carbocycles. The van der Waals surface area contributed by atoms with Crippen molar-refractivity contribution in [1.29, 1.82) is 0 Å². The van der Waals surface area contributed by atoms with Gasteiger partial charge in [0.25, 0.3) is 23.6 Å². The Morgan fingerprint density at radius 1 is 0.433 bits per heavy atom. The summed E-state index contributed by atoms with van der Waals surface area (Å²) in [6.45, 7) is 0.333. The van der Waals surface area contributed by atoms with Gasteiger partial charge in [-0.05, 0) is 35.4 Å². The highest BCUT2D eigenvalue weighted by Crippen LogP contribution is 2.26. The molecule has 0 N–H and O–H groups in total. The maximum absolute atomic E-state index is 12.5. The summed E-state index contributed by atoms with van der Waals surface area (Å²) in [5.74, 6) is -1.20. The van der Waals surface area contributed by atoms with Gasteiger partial charge in [-0.25, -0.2) is 0 Å². The molecule has 0 atom stereocenters. The van der Waals surface area contributed by atoms with Crippen LogP contribution in [0, 0.1) is 0 Å². The number of rotatable bonds is 4. The first-order valence-electron chi connectivity index (χ1n) is 9.53. The van der Waals surface area contributed by atoms with Crippen LogP contribution in [0.1, 0.15) is 52.6 Å². The lowest BCUT2D eigenvalue weighted by Gasteiger charge is -2.16. The number of carbonyl (C=O) groups excluding carboxylic acids is 4. The summed E-state index contributed by atoms with van der Waals surface area (Å²) >= 11 is 0. The second kappa shape index (κ2) is 6.77. The van der Waals surface area contributed by atoms with Crippen LogP contribution < -0.4 is 0 Å². The average Bonchev–Trinajstić information content (AvgIpc) is 3.16. The Labute approximate surface area is 172 Å². The van der Waals surface area contributed by atoms with Crippen molar-refractivity contribution < 1.29 is 19.2 Å². The Morgan fingerprint density at radius 3 is 0.967 bits per heavy atom. The molecular formula is C24H16N2O4. The van der Waals surface area contributed by atoms with Crippen LogP contribution in [0.3, 0.4) is 0 Å². The summed E-state index contributed by atoms with van der Waals surface area (Å²) in [5, 5.41) is 0. The highest BCUT2D eigenvalue weighted by atomic mass is 16.2. The van der Waals surface area contributed by atoms with Gasteiger partial charge in [-0.1, -0.05) is 48.5 Å². The minimum atomic E-state index is -0.300. The second-order valence-electron chi connectivity index (χ2n) is 7.30. The summed E-state index contributed by atoms with van der Waals surface area (Å²) in [4.78, 5) is 52.5. The number of imide groups is 2. The molecule has 146 valence electrons. The fourth-order valence-electron chi connectivity index (χ4n) is 3.88. The molecule has 3 aromatic rings. The molecule has 0 unspecified atom stereocenters. The van der Waals surface area contributed by atoms with Crippen molar-refractivity contribution in [2.45, 2.75) is 13.1 Å². The maximum atomic E-state index is 12.5. The van der Waals surface area contributed by atoms with Crippen LogP contribution in [0.15, 0.2) is 72.8 Å². The van der Waals surface area contributed by atoms with Gasteiger partial charge in [0.05, 0.1) is 35.3 Å². The van der Waals surface area contributed by atoms with Crippen LogP contribution in [0.25, 0.3) is 0 Å². The van der Waals surface area contributed by atoms with Gasteiger partial charge in [0.2, 0.25) is 0 Å². The van der Waals surface area contributed by atoms with Crippen molar-refractivity contribution >= 4 is 23.6 Å². The summed E-state index contributed by atoms with van der Waals surface area (Å²) in [5.41, 5.74) is 3.26. The second-order valence-corrected chi connectivity index (χ2v) is 7.30. The molecule has 3 aromatic carbocycles. The summed E-state index contributed by atoms with van der Waals surface area (Å²) < 4.78 is 0. The van der Waals surface area contributed by atoms with Crippen molar-refractivity contribution in [2.75, 3.05) is 0 Å². The molecule has 2 heterocycles. The molecule has 6 heteroatoms. The molecule has 5 rings (SSSR count). The van der Waals surface area contributed by atoms with Crippen LogP contribution in [-0.2, 0) is 13.1 Å². The average molecular weight is 396 g/mol. The molecule has 4 amide bonds. The summed E-state index contributed by atoms with van der Waals surface area (Å²) in [6, 6.07) is 20.8. The van der Waals surface area contributed by atoms with Gasteiger partial charge >= 0.3 is 0 Å². The molecule has 2 aliphatic heterocycles. The van der Waals surface area contributed by atoms with E-state index in [-0.39, 0.29) is 36.7 Å². The minimum absolute atomic E-state index is 0.166. The largest absolute Gasteiger partial charge is 0.270 e. The first kappa shape index (κ1) is 18.0. The molecule has 2 aliphatic rings. The molecule has 0 radical (unpaired) electrons. The zero-order valence-electron chi connectivity index (χ0n) is 15.9. The lowest BCUT2D eigenvalue weighted by atomic mass is 10.1. The molecule has 30 heavy (non-hydrogen) atoms. The van der Waals surface area contributed by atoms with Gasteiger partial charge in [-0.15, -0.1) is 0 Å². The Hall–Kier alpha value is -4.06. The fourth-order valence-corrected chi connectivity index (χ4v) is 3.88. The fraction of sp³-hybridized carbons (Fsp3) is 0.0833. The maximum Gasteiger partial charge on any atom is 0.261 e. The molecule has 0 bridgehead atoms. The van der Waals surface area contributed by atoms with E-state index in [0.29, 0.717) is 22.3 Å². The van der Waals surface area contributed by atoms with E-state index in [1.807, 2.05) is 0 Å². The Bertz CT molecular complexity index is 1060. The molecule has 0 aromatic heterocycles. The highest BCUT2D eigenvalue weighted by molar-refractivity contribution is 6.22. The van der Waals surface area contributed by atoms with Crippen LogP contribution >= 0.6 is 0 Å². The molecule has 0 spiro atoms. The Morgan fingerprint density at radius 2 is 0.700 bits per heavy atom.